The zero-order valence-corrected chi connectivity index (χ0v) is 18.4. The predicted molar refractivity (Wildman–Crippen MR) is 118 cm³/mol. The lowest BCUT2D eigenvalue weighted by atomic mass is 9.83. The summed E-state index contributed by atoms with van der Waals surface area (Å²) in [6.07, 6.45) is 0. The molecule has 4 rings (SSSR count). The van der Waals surface area contributed by atoms with Crippen LogP contribution in [0, 0.1) is 11.3 Å². The Labute approximate surface area is 189 Å². The van der Waals surface area contributed by atoms with Crippen LogP contribution in [-0.2, 0) is 0 Å². The topological polar surface area (TPSA) is 145 Å². The van der Waals surface area contributed by atoms with E-state index in [0.717, 1.165) is 0 Å². The second-order valence-electron chi connectivity index (χ2n) is 7.09. The molecule has 0 saturated carbocycles. The number of rotatable bonds is 6. The maximum atomic E-state index is 10.1. The molecule has 0 spiro atoms. The molecule has 2 aromatic carbocycles. The molecule has 10 nitrogen and oxygen atoms in total. The van der Waals surface area contributed by atoms with Gasteiger partial charge in [-0.3, -0.25) is 5.10 Å². The highest BCUT2D eigenvalue weighted by molar-refractivity contribution is 5.75. The van der Waals surface area contributed by atoms with Gasteiger partial charge in [0.05, 0.1) is 45.6 Å². The van der Waals surface area contributed by atoms with E-state index in [9.17, 15) is 10.4 Å². The van der Waals surface area contributed by atoms with Gasteiger partial charge in [0.1, 0.15) is 11.6 Å². The molecule has 4 N–H and O–H groups in total. The number of aromatic amines is 1. The van der Waals surface area contributed by atoms with Gasteiger partial charge in [0, 0.05) is 5.56 Å². The lowest BCUT2D eigenvalue weighted by molar-refractivity contribution is 0.324. The van der Waals surface area contributed by atoms with E-state index in [1.807, 2.05) is 0 Å². The number of hydrogen-bond donors (Lipinski definition) is 3. The van der Waals surface area contributed by atoms with Crippen molar-refractivity contribution in [2.75, 3.05) is 28.4 Å². The van der Waals surface area contributed by atoms with Crippen LogP contribution < -0.4 is 29.4 Å². The van der Waals surface area contributed by atoms with Gasteiger partial charge in [-0.2, -0.15) is 5.26 Å². The number of methoxy groups -OCH3 is 4. The molecule has 0 fully saturated rings. The van der Waals surface area contributed by atoms with Crippen LogP contribution in [0.3, 0.4) is 0 Å². The van der Waals surface area contributed by atoms with Crippen LogP contribution in [0.5, 0.6) is 34.6 Å². The van der Waals surface area contributed by atoms with Crippen LogP contribution in [-0.4, -0.2) is 43.7 Å². The Morgan fingerprint density at radius 3 is 2.27 bits per heavy atom. The molecule has 0 amide bonds. The highest BCUT2D eigenvalue weighted by Crippen LogP contribution is 2.49. The number of allylic oxidation sites excluding steroid dienone is 1. The number of nitrogens with one attached hydrogen (secondary N) is 1. The summed E-state index contributed by atoms with van der Waals surface area (Å²) < 4.78 is 27.3. The fourth-order valence-corrected chi connectivity index (χ4v) is 3.90. The molecule has 1 aliphatic rings. The molecule has 10 heteroatoms. The molecule has 1 atom stereocenters. The molecule has 0 radical (unpaired) electrons. The van der Waals surface area contributed by atoms with Crippen molar-refractivity contribution >= 4 is 0 Å². The second kappa shape index (κ2) is 8.55. The first-order valence-corrected chi connectivity index (χ1v) is 9.80. The van der Waals surface area contributed by atoms with Crippen molar-refractivity contribution in [3.63, 3.8) is 0 Å². The standard InChI is InChI=1S/C23H22N4O6/c1-29-15-7-11(5-6-14(15)28)18-13(10-24)22(25)33-23-19(18)20(26-27-23)12-8-16(30-2)21(32-4)17(9-12)31-3/h5-9,18,28H,25H2,1-4H3,(H,26,27)/t18-/m0/s1. The average Bonchev–Trinajstić information content (AvgIpc) is 3.25. The van der Waals surface area contributed by atoms with E-state index in [-0.39, 0.29) is 28.8 Å². The molecule has 1 aromatic heterocycles. The summed E-state index contributed by atoms with van der Waals surface area (Å²) in [6, 6.07) is 10.5. The minimum absolute atomic E-state index is 0.0268. The van der Waals surface area contributed by atoms with Gasteiger partial charge in [-0.25, -0.2) is 0 Å². The summed E-state index contributed by atoms with van der Waals surface area (Å²) in [6.45, 7) is 0. The molecule has 1 aliphatic heterocycles. The lowest BCUT2D eigenvalue weighted by Gasteiger charge is -2.24. The number of aromatic hydroxyl groups is 1. The van der Waals surface area contributed by atoms with E-state index in [1.54, 1.807) is 24.3 Å². The lowest BCUT2D eigenvalue weighted by Crippen LogP contribution is -2.21. The predicted octanol–water partition coefficient (Wildman–Crippen LogP) is 3.03. The average molecular weight is 450 g/mol. The SMILES string of the molecule is COc1cc([C@H]2C(C#N)=C(N)Oc3n[nH]c(-c4cc(OC)c(OC)c(OC)c4)c32)ccc1O. The Kier molecular flexibility index (Phi) is 5.62. The van der Waals surface area contributed by atoms with Crippen LogP contribution in [0.15, 0.2) is 41.8 Å². The van der Waals surface area contributed by atoms with Crippen LogP contribution in [0.2, 0.25) is 0 Å². The molecular weight excluding hydrogens is 428 g/mol. The van der Waals surface area contributed by atoms with Gasteiger partial charge in [-0.1, -0.05) is 6.07 Å². The molecule has 170 valence electrons. The number of hydrogen-bond acceptors (Lipinski definition) is 9. The smallest absolute Gasteiger partial charge is 0.244 e. The number of nitrogens with zero attached hydrogens (tertiary/aromatic N) is 2. The van der Waals surface area contributed by atoms with Crippen molar-refractivity contribution in [3.05, 3.63) is 52.9 Å². The Morgan fingerprint density at radius 1 is 1.03 bits per heavy atom. The number of ether oxygens (including phenoxy) is 5. The van der Waals surface area contributed by atoms with E-state index in [1.165, 1.54) is 34.5 Å². The molecule has 0 aliphatic carbocycles. The molecular formula is C23H22N4O6. The number of nitrogens with two attached hydrogens (primary N) is 1. The first-order valence-electron chi connectivity index (χ1n) is 9.80. The number of phenols is 1. The summed E-state index contributed by atoms with van der Waals surface area (Å²) in [4.78, 5) is 0. The Balaban J connectivity index is 1.97. The van der Waals surface area contributed by atoms with Crippen molar-refractivity contribution in [1.82, 2.24) is 10.2 Å². The fourth-order valence-electron chi connectivity index (χ4n) is 3.90. The summed E-state index contributed by atoms with van der Waals surface area (Å²) in [5, 5.41) is 27.2. The van der Waals surface area contributed by atoms with Gasteiger partial charge in [-0.15, -0.1) is 5.10 Å². The molecule has 33 heavy (non-hydrogen) atoms. The third kappa shape index (κ3) is 3.49. The van der Waals surface area contributed by atoms with Crippen LogP contribution in [0.25, 0.3) is 11.3 Å². The van der Waals surface area contributed by atoms with Crippen molar-refractivity contribution in [2.45, 2.75) is 5.92 Å². The Bertz CT molecular complexity index is 1270. The van der Waals surface area contributed by atoms with Gasteiger partial charge in [0.2, 0.25) is 17.5 Å². The monoisotopic (exact) mass is 450 g/mol. The van der Waals surface area contributed by atoms with Gasteiger partial charge in [0.25, 0.3) is 0 Å². The van der Waals surface area contributed by atoms with Gasteiger partial charge in [-0.05, 0) is 29.8 Å². The minimum Gasteiger partial charge on any atom is -0.504 e. The summed E-state index contributed by atoms with van der Waals surface area (Å²) >= 11 is 0. The number of aromatic nitrogens is 2. The van der Waals surface area contributed by atoms with Crippen molar-refractivity contribution in [1.29, 1.82) is 5.26 Å². The zero-order chi connectivity index (χ0) is 23.7. The number of phenolic OH excluding ortho intramolecular Hbond substituents is 1. The Hall–Kier alpha value is -4.52. The van der Waals surface area contributed by atoms with E-state index >= 15 is 0 Å². The molecule has 2 heterocycles. The first kappa shape index (κ1) is 21.7. The third-order valence-electron chi connectivity index (χ3n) is 5.43. The Morgan fingerprint density at radius 2 is 1.70 bits per heavy atom. The number of nitriles is 1. The van der Waals surface area contributed by atoms with Gasteiger partial charge < -0.3 is 34.5 Å². The van der Waals surface area contributed by atoms with E-state index < -0.39 is 5.92 Å². The van der Waals surface area contributed by atoms with Crippen molar-refractivity contribution in [3.8, 4) is 52.0 Å². The zero-order valence-electron chi connectivity index (χ0n) is 18.4. The molecule has 0 unspecified atom stereocenters. The maximum absolute atomic E-state index is 10.1. The number of benzene rings is 2. The van der Waals surface area contributed by atoms with Crippen molar-refractivity contribution in [2.24, 2.45) is 5.73 Å². The molecule has 3 aromatic rings. The maximum Gasteiger partial charge on any atom is 0.244 e. The number of fused-ring (bicyclic) bond motifs is 1. The summed E-state index contributed by atoms with van der Waals surface area (Å²) in [5.74, 6) is 1.11. The highest BCUT2D eigenvalue weighted by atomic mass is 16.5. The van der Waals surface area contributed by atoms with E-state index in [0.29, 0.717) is 39.6 Å². The largest absolute Gasteiger partial charge is 0.504 e. The van der Waals surface area contributed by atoms with Gasteiger partial charge in [0.15, 0.2) is 23.0 Å². The van der Waals surface area contributed by atoms with Crippen LogP contribution >= 0.6 is 0 Å². The summed E-state index contributed by atoms with van der Waals surface area (Å²) in [7, 11) is 6.01. The van der Waals surface area contributed by atoms with Crippen LogP contribution in [0.1, 0.15) is 17.0 Å². The molecule has 0 saturated heterocycles. The highest BCUT2D eigenvalue weighted by Gasteiger charge is 2.36. The third-order valence-corrected chi connectivity index (χ3v) is 5.43. The summed E-state index contributed by atoms with van der Waals surface area (Å²) in [5.41, 5.74) is 8.73. The normalized spacial score (nSPS) is 14.7. The van der Waals surface area contributed by atoms with Gasteiger partial charge >= 0.3 is 0 Å². The first-order chi connectivity index (χ1) is 16.0. The minimum atomic E-state index is -0.638. The van der Waals surface area contributed by atoms with Crippen molar-refractivity contribution < 1.29 is 28.8 Å². The van der Waals surface area contributed by atoms with E-state index in [2.05, 4.69) is 16.3 Å². The molecule has 0 bridgehead atoms. The van der Waals surface area contributed by atoms with Crippen LogP contribution in [0.4, 0.5) is 0 Å². The quantitative estimate of drug-likeness (QED) is 0.516. The van der Waals surface area contributed by atoms with E-state index in [4.69, 9.17) is 29.4 Å². The number of H-pyrrole nitrogens is 1. The second-order valence-corrected chi connectivity index (χ2v) is 7.09. The fraction of sp³-hybridized carbons (Fsp3) is 0.217.